The number of hydrogen-bond donors (Lipinski definition) is 0. The summed E-state index contributed by atoms with van der Waals surface area (Å²) in [7, 11) is 0. The Morgan fingerprint density at radius 2 is 1.66 bits per heavy atom. The van der Waals surface area contributed by atoms with Gasteiger partial charge >= 0.3 is 0 Å². The van der Waals surface area contributed by atoms with Crippen LogP contribution < -0.4 is 0 Å². The number of nitrogens with zero attached hydrogens (tertiary/aromatic N) is 1. The Labute approximate surface area is 193 Å². The summed E-state index contributed by atoms with van der Waals surface area (Å²) in [5, 5.41) is 9.71. The molecule has 0 heterocycles. The number of rotatable bonds is 0. The fourth-order valence-corrected chi connectivity index (χ4v) is 8.93. The zero-order chi connectivity index (χ0) is 23.3. The van der Waals surface area contributed by atoms with Crippen molar-refractivity contribution in [3.8, 4) is 6.07 Å². The number of carbonyl (C=O) groups excluding carboxylic acids is 2. The molecular weight excluding hydrogens is 394 g/mol. The predicted octanol–water partition coefficient (Wildman–Crippen LogP) is 6.45. The molecule has 0 bridgehead atoms. The summed E-state index contributed by atoms with van der Waals surface area (Å²) >= 11 is 0. The highest BCUT2D eigenvalue weighted by molar-refractivity contribution is 6.04. The minimum atomic E-state index is -0.602. The quantitative estimate of drug-likeness (QED) is 0.441. The highest BCUT2D eigenvalue weighted by Crippen LogP contribution is 2.68. The highest BCUT2D eigenvalue weighted by atomic mass is 16.1. The first-order valence-electron chi connectivity index (χ1n) is 12.8. The number of ketones is 2. The van der Waals surface area contributed by atoms with Crippen molar-refractivity contribution in [1.82, 2.24) is 0 Å². The van der Waals surface area contributed by atoms with Gasteiger partial charge in [-0.2, -0.15) is 5.26 Å². The van der Waals surface area contributed by atoms with E-state index in [2.05, 4.69) is 33.8 Å². The lowest BCUT2D eigenvalue weighted by Crippen LogP contribution is -2.59. The maximum absolute atomic E-state index is 13.9. The van der Waals surface area contributed by atoms with Crippen molar-refractivity contribution < 1.29 is 9.59 Å². The Morgan fingerprint density at radius 3 is 2.34 bits per heavy atom. The zero-order valence-electron chi connectivity index (χ0n) is 20.8. The Kier molecular flexibility index (Phi) is 4.62. The van der Waals surface area contributed by atoms with Crippen molar-refractivity contribution in [3.63, 3.8) is 0 Å². The molecule has 0 spiro atoms. The van der Waals surface area contributed by atoms with E-state index in [0.717, 1.165) is 19.3 Å². The van der Waals surface area contributed by atoms with E-state index in [0.29, 0.717) is 29.0 Å². The van der Waals surface area contributed by atoms with Crippen LogP contribution in [0.2, 0.25) is 0 Å². The summed E-state index contributed by atoms with van der Waals surface area (Å²) in [5.74, 6) is 2.03. The van der Waals surface area contributed by atoms with Crippen LogP contribution in [-0.4, -0.2) is 11.6 Å². The third kappa shape index (κ3) is 2.71. The molecule has 0 amide bonds. The van der Waals surface area contributed by atoms with E-state index in [1.807, 2.05) is 26.0 Å². The van der Waals surface area contributed by atoms with E-state index in [-0.39, 0.29) is 34.0 Å². The average molecular weight is 434 g/mol. The van der Waals surface area contributed by atoms with Gasteiger partial charge in [0.2, 0.25) is 0 Å². The van der Waals surface area contributed by atoms with Gasteiger partial charge in [0.05, 0.1) is 5.57 Å². The summed E-state index contributed by atoms with van der Waals surface area (Å²) in [4.78, 5) is 27.0. The molecule has 5 aliphatic rings. The first-order valence-corrected chi connectivity index (χ1v) is 12.8. The van der Waals surface area contributed by atoms with Crippen molar-refractivity contribution in [2.24, 2.45) is 51.2 Å². The van der Waals surface area contributed by atoms with Gasteiger partial charge in [0.25, 0.3) is 0 Å². The fraction of sp³-hybridized carbons (Fsp3) is 0.759. The molecule has 0 aromatic heterocycles. The van der Waals surface area contributed by atoms with Crippen molar-refractivity contribution in [2.75, 3.05) is 0 Å². The Balaban J connectivity index is 1.61. The minimum Gasteiger partial charge on any atom is -0.295 e. The van der Waals surface area contributed by atoms with Crippen LogP contribution in [0, 0.1) is 62.6 Å². The molecular formula is C29H39NO2. The third-order valence-electron chi connectivity index (χ3n) is 11.3. The van der Waals surface area contributed by atoms with Crippen molar-refractivity contribution in [3.05, 3.63) is 23.3 Å². The van der Waals surface area contributed by atoms with Gasteiger partial charge in [0.1, 0.15) is 6.07 Å². The lowest BCUT2D eigenvalue weighted by molar-refractivity contribution is -0.145. The predicted molar refractivity (Wildman–Crippen MR) is 125 cm³/mol. The first kappa shape index (κ1) is 22.1. The van der Waals surface area contributed by atoms with Crippen LogP contribution >= 0.6 is 0 Å². The largest absolute Gasteiger partial charge is 0.295 e. The van der Waals surface area contributed by atoms with Crippen LogP contribution in [0.4, 0.5) is 0 Å². The Hall–Kier alpha value is -1.69. The van der Waals surface area contributed by atoms with Crippen LogP contribution in [0.1, 0.15) is 86.5 Å². The van der Waals surface area contributed by atoms with E-state index in [4.69, 9.17) is 0 Å². The smallest absolute Gasteiger partial charge is 0.179 e. The maximum atomic E-state index is 13.9. The molecule has 0 saturated heterocycles. The van der Waals surface area contributed by atoms with Gasteiger partial charge in [-0.3, -0.25) is 9.59 Å². The van der Waals surface area contributed by atoms with E-state index in [9.17, 15) is 14.9 Å². The van der Waals surface area contributed by atoms with Crippen molar-refractivity contribution >= 4 is 11.6 Å². The first-order chi connectivity index (χ1) is 14.9. The summed E-state index contributed by atoms with van der Waals surface area (Å²) < 4.78 is 0. The second kappa shape index (κ2) is 6.68. The van der Waals surface area contributed by atoms with Gasteiger partial charge in [-0.1, -0.05) is 53.2 Å². The maximum Gasteiger partial charge on any atom is 0.179 e. The van der Waals surface area contributed by atoms with E-state index < -0.39 is 5.41 Å². The fourth-order valence-electron chi connectivity index (χ4n) is 8.93. The van der Waals surface area contributed by atoms with Gasteiger partial charge in [-0.25, -0.2) is 0 Å². The molecule has 172 valence electrons. The molecule has 32 heavy (non-hydrogen) atoms. The number of nitriles is 1. The Bertz CT molecular complexity index is 991. The molecule has 5 aliphatic carbocycles. The normalized spacial score (nSPS) is 46.5. The average Bonchev–Trinajstić information content (AvgIpc) is 2.70. The number of allylic oxidation sites excluding steroid dienone is 4. The monoisotopic (exact) mass is 433 g/mol. The molecule has 3 heteroatoms. The van der Waals surface area contributed by atoms with Gasteiger partial charge < -0.3 is 0 Å². The van der Waals surface area contributed by atoms with Crippen LogP contribution in [-0.2, 0) is 9.59 Å². The minimum absolute atomic E-state index is 0.00330. The SMILES string of the molecule is CC1(C)CCC2CCC3(C)C4CCC5(C)C(C=C(C#N)C(=O)C5(C)C)C4=CC(=O)C3C2C1. The molecule has 3 fully saturated rings. The van der Waals surface area contributed by atoms with Crippen LogP contribution in [0.3, 0.4) is 0 Å². The molecule has 3 nitrogen and oxygen atoms in total. The van der Waals surface area contributed by atoms with Crippen molar-refractivity contribution in [1.29, 1.82) is 5.26 Å². The molecule has 0 N–H and O–H groups in total. The molecule has 0 radical (unpaired) electrons. The molecule has 7 atom stereocenters. The van der Waals surface area contributed by atoms with Gasteiger partial charge in [0, 0.05) is 17.3 Å². The van der Waals surface area contributed by atoms with Gasteiger partial charge in [-0.15, -0.1) is 0 Å². The zero-order valence-corrected chi connectivity index (χ0v) is 20.8. The number of hydrogen-bond acceptors (Lipinski definition) is 3. The van der Waals surface area contributed by atoms with Crippen LogP contribution in [0.25, 0.3) is 0 Å². The van der Waals surface area contributed by atoms with Crippen molar-refractivity contribution in [2.45, 2.75) is 86.5 Å². The van der Waals surface area contributed by atoms with Gasteiger partial charge in [-0.05, 0) is 85.0 Å². The third-order valence-corrected chi connectivity index (χ3v) is 11.3. The molecule has 3 saturated carbocycles. The second-order valence-electron chi connectivity index (χ2n) is 13.5. The summed E-state index contributed by atoms with van der Waals surface area (Å²) in [5.41, 5.74) is 0.993. The molecule has 0 aromatic rings. The lowest BCUT2D eigenvalue weighted by Gasteiger charge is -2.63. The molecule has 5 rings (SSSR count). The van der Waals surface area contributed by atoms with Gasteiger partial charge in [0.15, 0.2) is 11.6 Å². The van der Waals surface area contributed by atoms with E-state index in [1.165, 1.54) is 31.3 Å². The Morgan fingerprint density at radius 1 is 0.969 bits per heavy atom. The topological polar surface area (TPSA) is 57.9 Å². The molecule has 0 aromatic carbocycles. The number of carbonyl (C=O) groups is 2. The summed E-state index contributed by atoms with van der Waals surface area (Å²) in [6, 6.07) is 2.18. The number of fused-ring (bicyclic) bond motifs is 7. The second-order valence-corrected chi connectivity index (χ2v) is 13.5. The number of Topliss-reactive ketones (excluding diaryl/α,β-unsaturated/α-hetero) is 1. The standard InChI is InChI=1S/C29H39NO2/c1-26(2)10-7-17-8-11-28(5)21-9-12-29(6)22(13-18(16-30)25(32)27(29,3)4)19(21)14-23(31)24(28)20(17)15-26/h13-14,17,20-22,24H,7-12,15H2,1-6H3. The molecule has 7 unspecified atom stereocenters. The highest BCUT2D eigenvalue weighted by Gasteiger charge is 2.63. The summed E-state index contributed by atoms with van der Waals surface area (Å²) in [6.07, 6.45) is 12.0. The van der Waals surface area contributed by atoms with E-state index in [1.54, 1.807) is 0 Å². The van der Waals surface area contributed by atoms with Crippen LogP contribution in [0.5, 0.6) is 0 Å². The van der Waals surface area contributed by atoms with Crippen LogP contribution in [0.15, 0.2) is 23.3 Å². The van der Waals surface area contributed by atoms with E-state index >= 15 is 0 Å². The lowest BCUT2D eigenvalue weighted by atomic mass is 9.40. The summed E-state index contributed by atoms with van der Waals surface area (Å²) in [6.45, 7) is 13.4. The molecule has 0 aliphatic heterocycles.